The lowest BCUT2D eigenvalue weighted by Gasteiger charge is -2.43. The molecular formula is C78H114BBr3N18O6P2. The number of rotatable bonds is 20. The number of hydrogen-bond donors (Lipinski definition) is 4. The lowest BCUT2D eigenvalue weighted by molar-refractivity contribution is 0.00578. The van der Waals surface area contributed by atoms with Crippen molar-refractivity contribution in [3.05, 3.63) is 123 Å². The van der Waals surface area contributed by atoms with Crippen LogP contribution in [0.5, 0.6) is 11.5 Å². The quantitative estimate of drug-likeness (QED) is 0.0411. The first-order chi connectivity index (χ1) is 50.4. The first-order valence-corrected chi connectivity index (χ1v) is 44.3. The maximum atomic E-state index is 13.6. The number of nitrogens with one attached hydrogen (secondary N) is 4. The Hall–Kier alpha value is -6.42. The fraction of sp³-hybridized carbons (Fsp3) is 0.513. The van der Waals surface area contributed by atoms with Crippen LogP contribution < -0.4 is 56.6 Å². The Morgan fingerprint density at radius 1 is 0.528 bits per heavy atom. The molecule has 30 heteroatoms. The molecule has 24 nitrogen and oxygen atoms in total. The van der Waals surface area contributed by atoms with Gasteiger partial charge in [0.2, 0.25) is 11.9 Å². The highest BCUT2D eigenvalue weighted by Crippen LogP contribution is 2.44. The number of methoxy groups -OCH3 is 2. The molecule has 0 radical (unpaired) electrons. The molecular weight excluding hydrogens is 1600 g/mol. The van der Waals surface area contributed by atoms with Crippen LogP contribution in [0, 0.1) is 0 Å². The van der Waals surface area contributed by atoms with E-state index in [1.54, 1.807) is 65.7 Å². The van der Waals surface area contributed by atoms with E-state index in [9.17, 15) is 9.13 Å². The largest absolute Gasteiger partial charge is 0.494 e. The summed E-state index contributed by atoms with van der Waals surface area (Å²) in [5.74, 6) is 4.23. The standard InChI is InChI=1S/C37H54BBrN7O4P.C35H47BrN9O2P.C4H5BrN2.2CH4/c1-10-25-21-30(32(48-7)23-31(25)46-15-13-27(14-16-46)45-19-17-44(6)18-20-45)42-35-40-24-28(39)34(43-35)41-29-12-11-26(22-33(29)51(8,9)47)38-49-36(2,3)37(4,5)50-38;1-7-24-20-29(31(47-4)22-30(24)45-13-10-26(11-14-45)44-18-16-42(2)17-19-44)40-35-38-23-27(36)33(41-35)39-28-9-8-25(21-32(28)48(5,6)46)34-37-12-15-43(34)3;1-7-3-2-6-4(7)5;;/h11-12,21-24,27H,10,13-20H2,1-9H3,(H2,40,41,42,43);8-9,12,15,20-23,26H,7,10-11,13-14,16-19H2,1-6H3,(H2,38,39,40,41);2-3H,1H3;2*1H4. The molecule has 4 N–H and O–H groups in total. The van der Waals surface area contributed by atoms with Gasteiger partial charge in [0.15, 0.2) is 4.73 Å². The van der Waals surface area contributed by atoms with E-state index in [2.05, 4.69) is 171 Å². The topological polar surface area (TPSA) is 226 Å². The van der Waals surface area contributed by atoms with E-state index >= 15 is 0 Å². The minimum atomic E-state index is -2.73. The zero-order valence-corrected chi connectivity index (χ0v) is 71.0. The SMILES string of the molecule is C.C.CCc1cc(Nc2ncc(Br)c(Nc3ccc(-c4nccn4C)cc3P(C)(C)=O)n2)c(OC)cc1N1CCC(N2CCN(C)CC2)CC1.CCc1cc(Nc2ncc(Br)c(Nc3ccc(B4OC(C)(C)C(C)(C)O4)cc3P(C)(C)=O)n2)c(OC)cc1N1CCC(N2CCN(C)CC2)CC1.Cn1ccnc1Br. The number of benzene rings is 4. The van der Waals surface area contributed by atoms with E-state index in [-0.39, 0.29) is 14.9 Å². The third kappa shape index (κ3) is 20.6. The molecule has 0 aliphatic carbocycles. The number of ether oxygens (including phenoxy) is 2. The van der Waals surface area contributed by atoms with E-state index < -0.39 is 32.6 Å². The number of imidazole rings is 2. The highest BCUT2D eigenvalue weighted by atomic mass is 79.9. The van der Waals surface area contributed by atoms with Crippen molar-refractivity contribution in [3.8, 4) is 22.9 Å². The number of aromatic nitrogens is 8. The number of aryl methyl sites for hydroxylation is 4. The van der Waals surface area contributed by atoms with Crippen LogP contribution >= 0.6 is 62.1 Å². The molecule has 4 aromatic carbocycles. The number of piperidine rings is 2. The second-order valence-corrected chi connectivity index (χ2v) is 38.7. The Morgan fingerprint density at radius 2 is 0.944 bits per heavy atom. The van der Waals surface area contributed by atoms with Crippen molar-refractivity contribution in [3.63, 3.8) is 0 Å². The van der Waals surface area contributed by atoms with Gasteiger partial charge in [-0.1, -0.05) is 34.8 Å². The third-order valence-corrected chi connectivity index (χ3v) is 26.3. The van der Waals surface area contributed by atoms with Crippen LogP contribution in [0.2, 0.25) is 0 Å². The monoisotopic (exact) mass is 1710 g/mol. The molecule has 0 atom stereocenters. The van der Waals surface area contributed by atoms with Gasteiger partial charge in [0.05, 0.1) is 57.1 Å². The summed E-state index contributed by atoms with van der Waals surface area (Å²) in [6, 6.07) is 21.6. The average Bonchev–Trinajstić information content (AvgIpc) is 1.57. The first-order valence-electron chi connectivity index (χ1n) is 36.7. The highest BCUT2D eigenvalue weighted by molar-refractivity contribution is 9.11. The molecule has 8 aromatic rings. The van der Waals surface area contributed by atoms with Crippen LogP contribution in [0.3, 0.4) is 0 Å². The van der Waals surface area contributed by atoms with E-state index in [1.165, 1.54) is 74.4 Å². The second-order valence-electron chi connectivity index (χ2n) is 29.9. The van der Waals surface area contributed by atoms with Gasteiger partial charge in [-0.3, -0.25) is 9.80 Å². The smallest absolute Gasteiger partial charge is 0.494 e. The predicted octanol–water partition coefficient (Wildman–Crippen LogP) is 14.7. The summed E-state index contributed by atoms with van der Waals surface area (Å²) in [5.41, 5.74) is 8.77. The molecule has 13 rings (SSSR count). The summed E-state index contributed by atoms with van der Waals surface area (Å²) in [6.07, 6.45) is 17.2. The van der Waals surface area contributed by atoms with Crippen LogP contribution in [0.25, 0.3) is 11.4 Å². The summed E-state index contributed by atoms with van der Waals surface area (Å²) >= 11 is 10.4. The predicted molar refractivity (Wildman–Crippen MR) is 459 cm³/mol. The molecule has 5 aliphatic rings. The molecule has 4 aromatic heterocycles. The molecule has 5 saturated heterocycles. The van der Waals surface area contributed by atoms with Gasteiger partial charge in [-0.15, -0.1) is 0 Å². The number of halogens is 3. The molecule has 0 amide bonds. The summed E-state index contributed by atoms with van der Waals surface area (Å²) in [4.78, 5) is 42.4. The second kappa shape index (κ2) is 36.8. The summed E-state index contributed by atoms with van der Waals surface area (Å²) in [5, 5.41) is 15.1. The van der Waals surface area contributed by atoms with Gasteiger partial charge in [0, 0.05) is 182 Å². The fourth-order valence-electron chi connectivity index (χ4n) is 14.2. The van der Waals surface area contributed by atoms with Crippen LogP contribution in [0.4, 0.5) is 57.7 Å². The lowest BCUT2D eigenvalue weighted by atomic mass is 9.79. The van der Waals surface area contributed by atoms with Crippen molar-refractivity contribution in [1.82, 2.24) is 58.6 Å². The molecule has 0 bridgehead atoms. The third-order valence-electron chi connectivity index (χ3n) is 21.3. The molecule has 5 aliphatic heterocycles. The number of hydrogen-bond acceptors (Lipinski definition) is 22. The Kier molecular flexibility index (Phi) is 29.2. The minimum absolute atomic E-state index is 0. The summed E-state index contributed by atoms with van der Waals surface area (Å²) in [7, 11) is 5.76. The van der Waals surface area contributed by atoms with Gasteiger partial charge in [0.25, 0.3) is 0 Å². The van der Waals surface area contributed by atoms with Crippen molar-refractivity contribution >= 4 is 143 Å². The van der Waals surface area contributed by atoms with Gasteiger partial charge in [-0.2, -0.15) is 9.97 Å². The van der Waals surface area contributed by atoms with Crippen LogP contribution in [-0.4, -0.2) is 223 Å². The zero-order chi connectivity index (χ0) is 76.0. The molecule has 0 spiro atoms. The number of piperazine rings is 2. The minimum Gasteiger partial charge on any atom is -0.494 e. The summed E-state index contributed by atoms with van der Waals surface area (Å²) in [6.45, 7) is 33.0. The van der Waals surface area contributed by atoms with Crippen molar-refractivity contribution < 1.29 is 27.9 Å². The maximum Gasteiger partial charge on any atom is 0.494 e. The molecule has 108 heavy (non-hydrogen) atoms. The summed E-state index contributed by atoms with van der Waals surface area (Å²) < 4.78 is 57.5. The fourth-order valence-corrected chi connectivity index (χ4v) is 17.3. The van der Waals surface area contributed by atoms with Crippen LogP contribution in [-0.2, 0) is 45.4 Å². The van der Waals surface area contributed by atoms with Gasteiger partial charge < -0.3 is 77.9 Å². The van der Waals surface area contributed by atoms with Crippen molar-refractivity contribution in [2.75, 3.05) is 165 Å². The highest BCUT2D eigenvalue weighted by Gasteiger charge is 2.52. The molecule has 5 fully saturated rings. The Labute approximate surface area is 667 Å². The van der Waals surface area contributed by atoms with Crippen LogP contribution in [0.1, 0.15) is 93.2 Å². The van der Waals surface area contributed by atoms with Crippen LogP contribution in [0.15, 0.2) is 112 Å². The van der Waals surface area contributed by atoms with Crippen molar-refractivity contribution in [2.24, 2.45) is 14.1 Å². The number of nitrogens with zero attached hydrogens (tertiary/aromatic N) is 14. The maximum absolute atomic E-state index is 13.6. The molecule has 0 saturated carbocycles. The number of likely N-dealkylation sites (N-methyl/N-ethyl adjacent to an activating group) is 2. The Bertz CT molecular complexity index is 4420. The average molecular weight is 1710 g/mol. The first kappa shape index (κ1) is 85.6. The van der Waals surface area contributed by atoms with Crippen molar-refractivity contribution in [2.45, 2.75) is 118 Å². The van der Waals surface area contributed by atoms with Gasteiger partial charge in [-0.05, 0) is 214 Å². The molecule has 9 heterocycles. The van der Waals surface area contributed by atoms with E-state index in [4.69, 9.17) is 28.8 Å². The molecule has 0 unspecified atom stereocenters. The zero-order valence-electron chi connectivity index (χ0n) is 64.4. The number of anilines is 10. The van der Waals surface area contributed by atoms with E-state index in [0.29, 0.717) is 55.6 Å². The van der Waals surface area contributed by atoms with Gasteiger partial charge in [-0.25, -0.2) is 19.9 Å². The normalized spacial score (nSPS) is 17.5. The Balaban J connectivity index is 0.000000224. The van der Waals surface area contributed by atoms with Crippen molar-refractivity contribution in [1.29, 1.82) is 0 Å². The van der Waals surface area contributed by atoms with E-state index in [1.807, 2.05) is 99.7 Å². The molecule has 586 valence electrons. The van der Waals surface area contributed by atoms with Gasteiger partial charge >= 0.3 is 7.12 Å². The van der Waals surface area contributed by atoms with Gasteiger partial charge in [0.1, 0.15) is 43.2 Å². The Morgan fingerprint density at radius 3 is 1.31 bits per heavy atom. The lowest BCUT2D eigenvalue weighted by Crippen LogP contribution is -2.52. The van der Waals surface area contributed by atoms with E-state index in [0.717, 1.165) is 121 Å².